The number of benzene rings is 1. The highest BCUT2D eigenvalue weighted by Gasteiger charge is 2.17. The van der Waals surface area contributed by atoms with Gasteiger partial charge in [-0.2, -0.15) is 0 Å². The highest BCUT2D eigenvalue weighted by Crippen LogP contribution is 2.42. The van der Waals surface area contributed by atoms with E-state index < -0.39 is 0 Å². The van der Waals surface area contributed by atoms with Crippen molar-refractivity contribution in [2.45, 2.75) is 10.3 Å². The highest BCUT2D eigenvalue weighted by molar-refractivity contribution is 7.99. The van der Waals surface area contributed by atoms with Crippen molar-refractivity contribution >= 4 is 69.8 Å². The number of alkyl halides is 1. The Bertz CT molecular complexity index is 579. The van der Waals surface area contributed by atoms with Crippen LogP contribution in [0.2, 0.25) is 20.4 Å². The quantitative estimate of drug-likeness (QED) is 0.326. The molecule has 0 amide bonds. The number of aromatic nitrogens is 1. The fourth-order valence-electron chi connectivity index (χ4n) is 1.51. The first-order valence-corrected chi connectivity index (χ1v) is 8.46. The zero-order valence-corrected chi connectivity index (χ0v) is 14.5. The molecule has 0 aliphatic heterocycles. The van der Waals surface area contributed by atoms with Crippen LogP contribution in [0.3, 0.4) is 0 Å². The lowest BCUT2D eigenvalue weighted by atomic mass is 10.2. The number of hydrogen-bond acceptors (Lipinski definition) is 2. The lowest BCUT2D eigenvalue weighted by molar-refractivity contribution is 1.10. The summed E-state index contributed by atoms with van der Waals surface area (Å²) in [6, 6.07) is 9.75. The Balaban J connectivity index is 2.16. The fraction of sp³-hybridized carbons (Fsp3) is 0.154. The summed E-state index contributed by atoms with van der Waals surface area (Å²) in [5, 5.41) is 0.689. The van der Waals surface area contributed by atoms with E-state index in [2.05, 4.69) is 4.98 Å². The minimum atomic E-state index is -0.168. The topological polar surface area (TPSA) is 12.9 Å². The second-order valence-corrected chi connectivity index (χ2v) is 6.87. The Morgan fingerprint density at radius 3 is 2.05 bits per heavy atom. The minimum Gasteiger partial charge on any atom is -0.221 e. The molecule has 0 fully saturated rings. The minimum absolute atomic E-state index is 0.134. The maximum absolute atomic E-state index is 6.35. The molecule has 1 unspecified atom stereocenters. The summed E-state index contributed by atoms with van der Waals surface area (Å²) in [5.74, 6) is 0.585. The van der Waals surface area contributed by atoms with Crippen molar-refractivity contribution in [3.8, 4) is 0 Å². The second-order valence-electron chi connectivity index (χ2n) is 3.84. The largest absolute Gasteiger partial charge is 0.221 e. The van der Waals surface area contributed by atoms with Crippen LogP contribution in [0.5, 0.6) is 0 Å². The van der Waals surface area contributed by atoms with E-state index in [1.165, 1.54) is 11.8 Å². The number of hydrogen-bond donors (Lipinski definition) is 0. The van der Waals surface area contributed by atoms with Crippen LogP contribution in [0, 0.1) is 0 Å². The summed E-state index contributed by atoms with van der Waals surface area (Å²) in [7, 11) is 0. The lowest BCUT2D eigenvalue weighted by Crippen LogP contribution is -1.95. The molecule has 1 aromatic carbocycles. The summed E-state index contributed by atoms with van der Waals surface area (Å²) in [5.41, 5.74) is 1.03. The van der Waals surface area contributed by atoms with Crippen molar-refractivity contribution in [2.24, 2.45) is 0 Å². The van der Waals surface area contributed by atoms with Gasteiger partial charge in [0.25, 0.3) is 0 Å². The molecule has 1 aromatic heterocycles. The van der Waals surface area contributed by atoms with Gasteiger partial charge in [-0.3, -0.25) is 0 Å². The first kappa shape index (κ1) is 16.5. The molecule has 0 spiro atoms. The van der Waals surface area contributed by atoms with Crippen LogP contribution in [-0.2, 0) is 0 Å². The number of nitrogens with zero attached hydrogens (tertiary/aromatic N) is 1. The molecule has 1 heterocycles. The van der Waals surface area contributed by atoms with Gasteiger partial charge in [0.05, 0.1) is 20.3 Å². The molecule has 2 rings (SSSR count). The monoisotopic (exact) mass is 385 g/mol. The first-order valence-electron chi connectivity index (χ1n) is 5.52. The average molecular weight is 388 g/mol. The van der Waals surface area contributed by atoms with Gasteiger partial charge < -0.3 is 0 Å². The van der Waals surface area contributed by atoms with Crippen molar-refractivity contribution in [3.05, 3.63) is 56.2 Å². The zero-order valence-electron chi connectivity index (χ0n) is 9.92. The summed E-state index contributed by atoms with van der Waals surface area (Å²) < 4.78 is 0. The normalized spacial score (nSPS) is 12.4. The molecule has 20 heavy (non-hydrogen) atoms. The van der Waals surface area contributed by atoms with Gasteiger partial charge in [-0.1, -0.05) is 76.7 Å². The predicted molar refractivity (Wildman–Crippen MR) is 90.0 cm³/mol. The Morgan fingerprint density at radius 2 is 1.50 bits per heavy atom. The van der Waals surface area contributed by atoms with Gasteiger partial charge in [-0.15, -0.1) is 23.4 Å². The van der Waals surface area contributed by atoms with Crippen molar-refractivity contribution in [2.75, 3.05) is 5.75 Å². The SMILES string of the molecule is Clc1nc(Cl)c(Cl)c(SCC(Cl)c2ccccc2)c1Cl. The molecule has 1 atom stereocenters. The van der Waals surface area contributed by atoms with Crippen LogP contribution in [-0.4, -0.2) is 10.7 Å². The highest BCUT2D eigenvalue weighted by atomic mass is 35.5. The number of pyridine rings is 1. The summed E-state index contributed by atoms with van der Waals surface area (Å²) in [6.07, 6.45) is 0. The molecule has 0 N–H and O–H groups in total. The summed E-state index contributed by atoms with van der Waals surface area (Å²) >= 11 is 31.7. The van der Waals surface area contributed by atoms with E-state index in [4.69, 9.17) is 58.0 Å². The molecular weight excluding hydrogens is 379 g/mol. The summed E-state index contributed by atoms with van der Waals surface area (Å²) in [6.45, 7) is 0. The molecule has 0 saturated carbocycles. The van der Waals surface area contributed by atoms with Crippen molar-refractivity contribution in [1.29, 1.82) is 0 Å². The maximum atomic E-state index is 6.35. The van der Waals surface area contributed by atoms with Gasteiger partial charge in [-0.05, 0) is 5.56 Å². The van der Waals surface area contributed by atoms with Gasteiger partial charge in [0.2, 0.25) is 0 Å². The third-order valence-electron chi connectivity index (χ3n) is 2.49. The lowest BCUT2D eigenvalue weighted by Gasteiger charge is -2.12. The average Bonchev–Trinajstić information content (AvgIpc) is 2.46. The van der Waals surface area contributed by atoms with Crippen LogP contribution >= 0.6 is 69.8 Å². The summed E-state index contributed by atoms with van der Waals surface area (Å²) in [4.78, 5) is 4.44. The van der Waals surface area contributed by atoms with Crippen LogP contribution in [0.1, 0.15) is 10.9 Å². The van der Waals surface area contributed by atoms with Crippen molar-refractivity contribution < 1.29 is 0 Å². The van der Waals surface area contributed by atoms with E-state index in [1.54, 1.807) is 0 Å². The standard InChI is InChI=1S/C13H8Cl5NS/c14-8(7-4-2-1-3-5-7)6-20-11-9(15)12(17)19-13(18)10(11)16/h1-5,8H,6H2. The Morgan fingerprint density at radius 1 is 0.950 bits per heavy atom. The molecule has 0 radical (unpaired) electrons. The van der Waals surface area contributed by atoms with Crippen LogP contribution < -0.4 is 0 Å². The third-order valence-corrected chi connectivity index (χ3v) is 5.98. The van der Waals surface area contributed by atoms with E-state index in [9.17, 15) is 0 Å². The van der Waals surface area contributed by atoms with E-state index in [-0.39, 0.29) is 15.7 Å². The number of halogens is 5. The molecule has 0 aliphatic rings. The molecule has 0 aliphatic carbocycles. The molecule has 2 aromatic rings. The molecule has 7 heteroatoms. The Hall–Kier alpha value is 0.170. The van der Waals surface area contributed by atoms with Gasteiger partial charge in [0, 0.05) is 5.75 Å². The van der Waals surface area contributed by atoms with E-state index in [0.717, 1.165) is 5.56 Å². The Labute approximate surface area is 146 Å². The number of rotatable bonds is 4. The van der Waals surface area contributed by atoms with Gasteiger partial charge in [-0.25, -0.2) is 4.98 Å². The van der Waals surface area contributed by atoms with Gasteiger partial charge >= 0.3 is 0 Å². The molecular formula is C13H8Cl5NS. The van der Waals surface area contributed by atoms with E-state index >= 15 is 0 Å². The molecule has 106 valence electrons. The fourth-order valence-corrected chi connectivity index (χ4v) is 3.96. The van der Waals surface area contributed by atoms with Crippen LogP contribution in [0.15, 0.2) is 35.2 Å². The molecule has 0 saturated heterocycles. The maximum Gasteiger partial charge on any atom is 0.150 e. The zero-order chi connectivity index (χ0) is 14.7. The van der Waals surface area contributed by atoms with Crippen molar-refractivity contribution in [3.63, 3.8) is 0 Å². The number of thioether (sulfide) groups is 1. The molecule has 0 bridgehead atoms. The smallest absolute Gasteiger partial charge is 0.150 e. The van der Waals surface area contributed by atoms with Crippen LogP contribution in [0.25, 0.3) is 0 Å². The van der Waals surface area contributed by atoms with Crippen molar-refractivity contribution in [1.82, 2.24) is 4.98 Å². The van der Waals surface area contributed by atoms with Crippen LogP contribution in [0.4, 0.5) is 0 Å². The van der Waals surface area contributed by atoms with E-state index in [0.29, 0.717) is 20.7 Å². The second kappa shape index (κ2) is 7.44. The third kappa shape index (κ3) is 3.88. The Kier molecular flexibility index (Phi) is 6.15. The van der Waals surface area contributed by atoms with Gasteiger partial charge in [0.1, 0.15) is 0 Å². The molecule has 1 nitrogen and oxygen atoms in total. The van der Waals surface area contributed by atoms with Gasteiger partial charge in [0.15, 0.2) is 10.3 Å². The van der Waals surface area contributed by atoms with E-state index in [1.807, 2.05) is 30.3 Å². The predicted octanol–water partition coefficient (Wildman–Crippen LogP) is 6.77. The first-order chi connectivity index (χ1) is 9.50.